The summed E-state index contributed by atoms with van der Waals surface area (Å²) >= 11 is 0. The molecule has 298 valence electrons. The van der Waals surface area contributed by atoms with Crippen LogP contribution in [0, 0.1) is 22.7 Å². The number of hydrogen-bond acceptors (Lipinski definition) is 10. The number of pyridine rings is 2. The number of methoxy groups -OCH3 is 1. The molecule has 0 bridgehead atoms. The third-order valence-corrected chi connectivity index (χ3v) is 13.4. The fraction of sp³-hybridized carbons (Fsp3) is 0.444. The molecule has 1 atom stereocenters. The molecular weight excluding hydrogens is 731 g/mol. The van der Waals surface area contributed by atoms with Crippen LogP contribution in [0.2, 0.25) is 0 Å². The zero-order valence-corrected chi connectivity index (χ0v) is 33.0. The van der Waals surface area contributed by atoms with Gasteiger partial charge in [0.2, 0.25) is 11.8 Å². The van der Waals surface area contributed by atoms with Gasteiger partial charge in [-0.25, -0.2) is 0 Å². The number of ether oxygens (including phenoxy) is 1. The highest BCUT2D eigenvalue weighted by Crippen LogP contribution is 2.44. The Morgan fingerprint density at radius 2 is 1.72 bits per heavy atom. The minimum Gasteiger partial charge on any atom is -0.494 e. The number of aromatic nitrogens is 4. The maximum atomic E-state index is 13.0. The number of hydrogen-bond donors (Lipinski definition) is 2. The van der Waals surface area contributed by atoms with Gasteiger partial charge in [-0.05, 0) is 111 Å². The Morgan fingerprint density at radius 3 is 2.48 bits per heavy atom. The number of fused-ring (bicyclic) bond motifs is 2. The van der Waals surface area contributed by atoms with Crippen molar-refractivity contribution in [3.05, 3.63) is 84.1 Å². The molecule has 3 aliphatic heterocycles. The second kappa shape index (κ2) is 15.8. The number of rotatable bonds is 8. The summed E-state index contributed by atoms with van der Waals surface area (Å²) < 4.78 is 7.72. The summed E-state index contributed by atoms with van der Waals surface area (Å²) in [5, 5.41) is 22.7. The second-order valence-electron chi connectivity index (χ2n) is 16.8. The van der Waals surface area contributed by atoms with Crippen molar-refractivity contribution in [3.8, 4) is 11.8 Å². The van der Waals surface area contributed by atoms with E-state index in [1.54, 1.807) is 13.3 Å². The molecule has 3 saturated heterocycles. The maximum absolute atomic E-state index is 13.0. The zero-order chi connectivity index (χ0) is 39.8. The Morgan fingerprint density at radius 1 is 0.948 bits per heavy atom. The normalized spacial score (nSPS) is 22.5. The van der Waals surface area contributed by atoms with E-state index in [0.717, 1.165) is 53.2 Å². The van der Waals surface area contributed by atoms with Crippen molar-refractivity contribution in [3.63, 3.8) is 0 Å². The van der Waals surface area contributed by atoms with Gasteiger partial charge in [0.15, 0.2) is 0 Å². The molecule has 9 rings (SSSR count). The van der Waals surface area contributed by atoms with Crippen LogP contribution in [0.25, 0.3) is 21.7 Å². The summed E-state index contributed by atoms with van der Waals surface area (Å²) in [6.45, 7) is 5.54. The van der Waals surface area contributed by atoms with Crippen molar-refractivity contribution in [2.75, 3.05) is 50.1 Å². The molecule has 2 N–H and O–H groups in total. The van der Waals surface area contributed by atoms with Gasteiger partial charge in [-0.1, -0.05) is 12.1 Å². The highest BCUT2D eigenvalue weighted by molar-refractivity contribution is 6.06. The van der Waals surface area contributed by atoms with Crippen LogP contribution in [-0.2, 0) is 9.59 Å². The molecule has 58 heavy (non-hydrogen) atoms. The number of nitriles is 1. The zero-order valence-electron chi connectivity index (χ0n) is 33.0. The van der Waals surface area contributed by atoms with Gasteiger partial charge in [0.05, 0.1) is 41.4 Å². The van der Waals surface area contributed by atoms with Gasteiger partial charge < -0.3 is 19.9 Å². The summed E-state index contributed by atoms with van der Waals surface area (Å²) in [5.74, 6) is 0.0873. The number of anilines is 2. The van der Waals surface area contributed by atoms with Gasteiger partial charge in [-0.3, -0.25) is 34.4 Å². The van der Waals surface area contributed by atoms with E-state index in [-0.39, 0.29) is 23.6 Å². The molecule has 13 heteroatoms. The van der Waals surface area contributed by atoms with Crippen LogP contribution >= 0.6 is 0 Å². The summed E-state index contributed by atoms with van der Waals surface area (Å²) in [7, 11) is 1.58. The summed E-state index contributed by atoms with van der Waals surface area (Å²) in [5.41, 5.74) is 4.50. The second-order valence-corrected chi connectivity index (χ2v) is 16.8. The SMILES string of the molecule is COc1cc2nn([C@H]3CC[C@H](CN4CCC5(CC4)CCN(c4cccc6c(C7CCC(=O)NC7=O)cncc46)CC5)CC3)cc2cc1NC(=O)c1cncc(C#N)c1. The van der Waals surface area contributed by atoms with Crippen molar-refractivity contribution in [2.24, 2.45) is 11.3 Å². The molecule has 1 aliphatic carbocycles. The largest absolute Gasteiger partial charge is 0.494 e. The lowest BCUT2D eigenvalue weighted by atomic mass is 9.71. The van der Waals surface area contributed by atoms with Crippen LogP contribution < -0.4 is 20.3 Å². The third-order valence-electron chi connectivity index (χ3n) is 13.4. The molecule has 3 aromatic heterocycles. The van der Waals surface area contributed by atoms with E-state index >= 15 is 0 Å². The number of benzene rings is 2. The minimum absolute atomic E-state index is 0.198. The average molecular weight is 780 g/mol. The highest BCUT2D eigenvalue weighted by Gasteiger charge is 2.39. The Kier molecular flexibility index (Phi) is 10.3. The quantitative estimate of drug-likeness (QED) is 0.162. The summed E-state index contributed by atoms with van der Waals surface area (Å²) in [6, 6.07) is 14.0. The minimum atomic E-state index is -0.360. The number of amides is 3. The van der Waals surface area contributed by atoms with Crippen LogP contribution in [0.5, 0.6) is 5.75 Å². The molecule has 1 spiro atoms. The first-order valence-electron chi connectivity index (χ1n) is 20.7. The maximum Gasteiger partial charge on any atom is 0.257 e. The predicted molar refractivity (Wildman–Crippen MR) is 221 cm³/mol. The van der Waals surface area contributed by atoms with Gasteiger partial charge in [-0.2, -0.15) is 10.4 Å². The van der Waals surface area contributed by atoms with Crippen molar-refractivity contribution in [2.45, 2.75) is 76.2 Å². The molecule has 5 aromatic rings. The van der Waals surface area contributed by atoms with Gasteiger partial charge in [0.25, 0.3) is 5.91 Å². The number of imide groups is 1. The van der Waals surface area contributed by atoms with Crippen molar-refractivity contribution in [1.82, 2.24) is 30.0 Å². The van der Waals surface area contributed by atoms with Crippen LogP contribution in [-0.4, -0.2) is 82.2 Å². The van der Waals surface area contributed by atoms with Gasteiger partial charge in [0, 0.05) is 79.6 Å². The van der Waals surface area contributed by atoms with Crippen molar-refractivity contribution >= 4 is 50.8 Å². The molecule has 0 radical (unpaired) electrons. The molecule has 6 heterocycles. The number of nitrogens with one attached hydrogen (secondary N) is 2. The average Bonchev–Trinajstić information content (AvgIpc) is 3.67. The number of piperidine rings is 3. The molecule has 1 saturated carbocycles. The first kappa shape index (κ1) is 37.7. The van der Waals surface area contributed by atoms with Gasteiger partial charge in [-0.15, -0.1) is 0 Å². The lowest BCUT2D eigenvalue weighted by Gasteiger charge is -2.48. The van der Waals surface area contributed by atoms with E-state index in [2.05, 4.69) is 59.5 Å². The van der Waals surface area contributed by atoms with Crippen molar-refractivity contribution < 1.29 is 19.1 Å². The van der Waals surface area contributed by atoms with Gasteiger partial charge >= 0.3 is 0 Å². The highest BCUT2D eigenvalue weighted by atomic mass is 16.5. The van der Waals surface area contributed by atoms with Gasteiger partial charge in [0.1, 0.15) is 11.8 Å². The van der Waals surface area contributed by atoms with E-state index in [4.69, 9.17) is 9.84 Å². The molecule has 4 aliphatic rings. The number of carbonyl (C=O) groups excluding carboxylic acids is 3. The summed E-state index contributed by atoms with van der Waals surface area (Å²) in [6.07, 6.45) is 19.0. The molecule has 1 unspecified atom stereocenters. The predicted octanol–water partition coefficient (Wildman–Crippen LogP) is 6.75. The number of carbonyl (C=O) groups is 3. The molecule has 3 amide bonds. The fourth-order valence-electron chi connectivity index (χ4n) is 9.98. The monoisotopic (exact) mass is 779 g/mol. The Bertz CT molecular complexity index is 2410. The standard InChI is InChI=1S/C45H49N9O4/c1-58-41-21-38-32(20-39(41)49-43(56)31-19-30(22-46)23-47-24-31)28-54(51-38)33-7-5-29(6-8-33)27-52-15-11-45(12-16-52)13-17-53(18-14-45)40-4-2-3-34-36(25-48-26-37(34)40)35-9-10-42(55)50-44(35)57/h2-4,19-21,23-26,28-29,33,35H,5-18,27H2,1H3,(H,49,56)(H,50,55,57)/t29-,33-,35?. The van der Waals surface area contributed by atoms with E-state index in [1.807, 2.05) is 24.4 Å². The topological polar surface area (TPSA) is 158 Å². The lowest BCUT2D eigenvalue weighted by molar-refractivity contribution is -0.134. The van der Waals surface area contributed by atoms with E-state index < -0.39 is 0 Å². The van der Waals surface area contributed by atoms with Crippen LogP contribution in [0.3, 0.4) is 0 Å². The number of likely N-dealkylation sites (tertiary alicyclic amines) is 1. The van der Waals surface area contributed by atoms with E-state index in [1.165, 1.54) is 82.3 Å². The molecule has 4 fully saturated rings. The lowest BCUT2D eigenvalue weighted by Crippen LogP contribution is -2.48. The van der Waals surface area contributed by atoms with E-state index in [0.29, 0.717) is 52.8 Å². The van der Waals surface area contributed by atoms with Crippen LogP contribution in [0.1, 0.15) is 97.7 Å². The first-order valence-corrected chi connectivity index (χ1v) is 20.7. The third kappa shape index (κ3) is 7.49. The first-order chi connectivity index (χ1) is 28.3. The fourth-order valence-corrected chi connectivity index (χ4v) is 9.98. The van der Waals surface area contributed by atoms with Crippen molar-refractivity contribution in [1.29, 1.82) is 5.26 Å². The smallest absolute Gasteiger partial charge is 0.257 e. The molecule has 2 aromatic carbocycles. The molecule has 13 nitrogen and oxygen atoms in total. The van der Waals surface area contributed by atoms with E-state index in [9.17, 15) is 19.6 Å². The van der Waals surface area contributed by atoms with Crippen LogP contribution in [0.4, 0.5) is 11.4 Å². The Hall–Kier alpha value is -5.87. The Balaban J connectivity index is 0.768. The Labute approximate surface area is 337 Å². The summed E-state index contributed by atoms with van der Waals surface area (Å²) in [4.78, 5) is 51.3. The molecular formula is C45H49N9O4. The number of nitrogens with zero attached hydrogens (tertiary/aromatic N) is 7. The van der Waals surface area contributed by atoms with Crippen LogP contribution in [0.15, 0.2) is 67.4 Å².